The zero-order valence-corrected chi connectivity index (χ0v) is 15.4. The summed E-state index contributed by atoms with van der Waals surface area (Å²) in [4.78, 5) is 33.5. The lowest BCUT2D eigenvalue weighted by Crippen LogP contribution is -2.25. The average molecular weight is 356 g/mol. The Morgan fingerprint density at radius 3 is 1.64 bits per heavy atom. The van der Waals surface area contributed by atoms with Gasteiger partial charge in [0.15, 0.2) is 0 Å². The SMILES string of the molecule is CCC(C)OC(=O)CCC1CC(CCC(=O)O)CC(CCC(=O)O)C1. The Balaban J connectivity index is 2.51. The molecule has 0 heterocycles. The van der Waals surface area contributed by atoms with Crippen molar-refractivity contribution in [2.24, 2.45) is 17.8 Å². The van der Waals surface area contributed by atoms with Gasteiger partial charge in [0.25, 0.3) is 0 Å². The maximum Gasteiger partial charge on any atom is 0.306 e. The van der Waals surface area contributed by atoms with E-state index in [4.69, 9.17) is 14.9 Å². The van der Waals surface area contributed by atoms with Crippen molar-refractivity contribution >= 4 is 17.9 Å². The quantitative estimate of drug-likeness (QED) is 0.545. The molecule has 1 aliphatic carbocycles. The predicted octanol–water partition coefficient (Wildman–Crippen LogP) is 3.87. The highest BCUT2D eigenvalue weighted by atomic mass is 16.5. The Morgan fingerprint density at radius 2 is 1.28 bits per heavy atom. The molecule has 144 valence electrons. The first-order valence-corrected chi connectivity index (χ1v) is 9.43. The molecular formula is C19H32O6. The molecule has 0 saturated heterocycles. The molecule has 0 spiro atoms. The van der Waals surface area contributed by atoms with Crippen LogP contribution in [0.25, 0.3) is 0 Å². The highest BCUT2D eigenvalue weighted by Crippen LogP contribution is 2.39. The number of carbonyl (C=O) groups excluding carboxylic acids is 1. The van der Waals surface area contributed by atoms with Crippen molar-refractivity contribution in [1.29, 1.82) is 0 Å². The summed E-state index contributed by atoms with van der Waals surface area (Å²) in [5.41, 5.74) is 0. The van der Waals surface area contributed by atoms with E-state index in [9.17, 15) is 14.4 Å². The lowest BCUT2D eigenvalue weighted by Gasteiger charge is -2.35. The van der Waals surface area contributed by atoms with Crippen LogP contribution in [0.2, 0.25) is 0 Å². The molecule has 1 fully saturated rings. The van der Waals surface area contributed by atoms with Gasteiger partial charge in [-0.25, -0.2) is 0 Å². The molecule has 0 aliphatic heterocycles. The number of carbonyl (C=O) groups is 3. The molecule has 3 atom stereocenters. The van der Waals surface area contributed by atoms with Crippen LogP contribution in [0.4, 0.5) is 0 Å². The molecule has 0 aromatic rings. The van der Waals surface area contributed by atoms with E-state index in [1.165, 1.54) is 0 Å². The summed E-state index contributed by atoms with van der Waals surface area (Å²) in [7, 11) is 0. The lowest BCUT2D eigenvalue weighted by molar-refractivity contribution is -0.148. The smallest absolute Gasteiger partial charge is 0.306 e. The minimum atomic E-state index is -0.790. The first kappa shape index (κ1) is 21.5. The maximum atomic E-state index is 11.9. The topological polar surface area (TPSA) is 101 Å². The summed E-state index contributed by atoms with van der Waals surface area (Å²) < 4.78 is 5.31. The summed E-state index contributed by atoms with van der Waals surface area (Å²) in [6.07, 6.45) is 6.16. The van der Waals surface area contributed by atoms with Crippen LogP contribution in [0.15, 0.2) is 0 Å². The molecule has 0 radical (unpaired) electrons. The van der Waals surface area contributed by atoms with Gasteiger partial charge in [-0.2, -0.15) is 0 Å². The molecule has 1 rings (SSSR count). The molecule has 2 N–H and O–H groups in total. The summed E-state index contributed by atoms with van der Waals surface area (Å²) in [6, 6.07) is 0. The normalized spacial score (nSPS) is 24.5. The van der Waals surface area contributed by atoms with Crippen LogP contribution in [0.5, 0.6) is 0 Å². The predicted molar refractivity (Wildman–Crippen MR) is 93.1 cm³/mol. The van der Waals surface area contributed by atoms with E-state index >= 15 is 0 Å². The van der Waals surface area contributed by atoms with Crippen molar-refractivity contribution in [3.05, 3.63) is 0 Å². The number of ether oxygens (including phenoxy) is 1. The molecular weight excluding hydrogens is 324 g/mol. The highest BCUT2D eigenvalue weighted by molar-refractivity contribution is 5.69. The molecule has 3 unspecified atom stereocenters. The third kappa shape index (κ3) is 9.46. The molecule has 6 nitrogen and oxygen atoms in total. The Kier molecular flexibility index (Phi) is 9.53. The zero-order chi connectivity index (χ0) is 18.8. The largest absolute Gasteiger partial charge is 0.481 e. The minimum absolute atomic E-state index is 0.0644. The van der Waals surface area contributed by atoms with Gasteiger partial charge in [0.1, 0.15) is 0 Å². The van der Waals surface area contributed by atoms with Gasteiger partial charge in [-0.15, -0.1) is 0 Å². The second kappa shape index (κ2) is 11.1. The van der Waals surface area contributed by atoms with Crippen molar-refractivity contribution in [1.82, 2.24) is 0 Å². The van der Waals surface area contributed by atoms with E-state index in [2.05, 4.69) is 0 Å². The monoisotopic (exact) mass is 356 g/mol. The highest BCUT2D eigenvalue weighted by Gasteiger charge is 2.29. The first-order valence-electron chi connectivity index (χ1n) is 9.43. The molecule has 1 aliphatic rings. The Bertz CT molecular complexity index is 421. The van der Waals surface area contributed by atoms with E-state index in [0.29, 0.717) is 37.0 Å². The van der Waals surface area contributed by atoms with Crippen LogP contribution in [0.1, 0.15) is 78.1 Å². The fraction of sp³-hybridized carbons (Fsp3) is 0.842. The molecule has 0 aromatic heterocycles. The molecule has 0 aromatic carbocycles. The molecule has 25 heavy (non-hydrogen) atoms. The maximum absolute atomic E-state index is 11.9. The van der Waals surface area contributed by atoms with Crippen molar-refractivity contribution < 1.29 is 29.3 Å². The standard InChI is InChI=1S/C19H32O6/c1-3-13(2)25-19(24)9-6-16-11-14(4-7-17(20)21)10-15(12-16)5-8-18(22)23/h13-16H,3-12H2,1-2H3,(H,20,21)(H,22,23). The summed E-state index contributed by atoms with van der Waals surface area (Å²) in [5.74, 6) is -0.805. The average Bonchev–Trinajstić information content (AvgIpc) is 2.56. The van der Waals surface area contributed by atoms with E-state index in [1.807, 2.05) is 13.8 Å². The zero-order valence-electron chi connectivity index (χ0n) is 15.4. The molecule has 6 heteroatoms. The Hall–Kier alpha value is -1.59. The molecule has 1 saturated carbocycles. The number of hydrogen-bond acceptors (Lipinski definition) is 4. The van der Waals surface area contributed by atoms with Gasteiger partial charge in [0.05, 0.1) is 6.10 Å². The van der Waals surface area contributed by atoms with Crippen LogP contribution in [0.3, 0.4) is 0 Å². The van der Waals surface area contributed by atoms with Crippen molar-refractivity contribution in [2.45, 2.75) is 84.2 Å². The van der Waals surface area contributed by atoms with Gasteiger partial charge in [-0.1, -0.05) is 6.92 Å². The van der Waals surface area contributed by atoms with E-state index in [1.54, 1.807) is 0 Å². The third-order valence-electron chi connectivity index (χ3n) is 5.20. The van der Waals surface area contributed by atoms with Crippen molar-refractivity contribution in [3.63, 3.8) is 0 Å². The van der Waals surface area contributed by atoms with Crippen LogP contribution < -0.4 is 0 Å². The van der Waals surface area contributed by atoms with E-state index in [-0.39, 0.29) is 24.9 Å². The van der Waals surface area contributed by atoms with Gasteiger partial charge in [0, 0.05) is 19.3 Å². The minimum Gasteiger partial charge on any atom is -0.481 e. The fourth-order valence-electron chi connectivity index (χ4n) is 3.75. The van der Waals surface area contributed by atoms with Crippen LogP contribution in [-0.2, 0) is 19.1 Å². The van der Waals surface area contributed by atoms with Crippen molar-refractivity contribution in [3.8, 4) is 0 Å². The van der Waals surface area contributed by atoms with Crippen LogP contribution in [0, 0.1) is 17.8 Å². The second-order valence-electron chi connectivity index (χ2n) is 7.42. The Labute approximate surface area is 149 Å². The second-order valence-corrected chi connectivity index (χ2v) is 7.42. The number of carboxylic acids is 2. The summed E-state index contributed by atoms with van der Waals surface area (Å²) in [5, 5.41) is 17.8. The number of carboxylic acid groups (broad SMARTS) is 2. The van der Waals surface area contributed by atoms with Crippen LogP contribution >= 0.6 is 0 Å². The molecule has 0 bridgehead atoms. The number of aliphatic carboxylic acids is 2. The van der Waals surface area contributed by atoms with E-state index in [0.717, 1.165) is 32.1 Å². The number of esters is 1. The van der Waals surface area contributed by atoms with E-state index < -0.39 is 11.9 Å². The van der Waals surface area contributed by atoms with Gasteiger partial charge >= 0.3 is 17.9 Å². The molecule has 0 amide bonds. The first-order chi connectivity index (χ1) is 11.8. The Morgan fingerprint density at radius 1 is 0.880 bits per heavy atom. The summed E-state index contributed by atoms with van der Waals surface area (Å²) >= 11 is 0. The third-order valence-corrected chi connectivity index (χ3v) is 5.20. The van der Waals surface area contributed by atoms with Gasteiger partial charge in [0.2, 0.25) is 0 Å². The summed E-state index contributed by atoms with van der Waals surface area (Å²) in [6.45, 7) is 3.85. The van der Waals surface area contributed by atoms with Gasteiger partial charge in [-0.3, -0.25) is 14.4 Å². The fourth-order valence-corrected chi connectivity index (χ4v) is 3.75. The van der Waals surface area contributed by atoms with Crippen molar-refractivity contribution in [2.75, 3.05) is 0 Å². The van der Waals surface area contributed by atoms with Gasteiger partial charge in [-0.05, 0) is 69.6 Å². The number of rotatable bonds is 11. The van der Waals surface area contributed by atoms with Crippen LogP contribution in [-0.4, -0.2) is 34.2 Å². The lowest BCUT2D eigenvalue weighted by atomic mass is 9.71. The number of hydrogen-bond donors (Lipinski definition) is 2. The van der Waals surface area contributed by atoms with Gasteiger partial charge < -0.3 is 14.9 Å².